The van der Waals surface area contributed by atoms with Crippen LogP contribution in [0.25, 0.3) is 5.57 Å². The molecule has 1 N–H and O–H groups in total. The van der Waals surface area contributed by atoms with Gasteiger partial charge in [0.05, 0.1) is 5.60 Å². The van der Waals surface area contributed by atoms with Gasteiger partial charge in [-0.2, -0.15) is 0 Å². The van der Waals surface area contributed by atoms with Gasteiger partial charge >= 0.3 is 0 Å². The Bertz CT molecular complexity index is 468. The van der Waals surface area contributed by atoms with Gasteiger partial charge in [0.2, 0.25) is 0 Å². The van der Waals surface area contributed by atoms with Crippen LogP contribution in [0.15, 0.2) is 35.9 Å². The molecule has 1 aromatic rings. The molecule has 0 radical (unpaired) electrons. The zero-order chi connectivity index (χ0) is 13.6. The minimum Gasteiger partial charge on any atom is -0.385 e. The van der Waals surface area contributed by atoms with E-state index in [4.69, 9.17) is 0 Å². The quantitative estimate of drug-likeness (QED) is 0.841. The van der Waals surface area contributed by atoms with Crippen molar-refractivity contribution in [1.29, 1.82) is 0 Å². The molecule has 18 heavy (non-hydrogen) atoms. The Morgan fingerprint density at radius 2 is 1.67 bits per heavy atom. The Morgan fingerprint density at radius 3 is 2.11 bits per heavy atom. The van der Waals surface area contributed by atoms with Crippen LogP contribution in [0.2, 0.25) is 0 Å². The molecule has 1 aliphatic carbocycles. The summed E-state index contributed by atoms with van der Waals surface area (Å²) in [7, 11) is 0. The van der Waals surface area contributed by atoms with E-state index in [-0.39, 0.29) is 5.41 Å². The van der Waals surface area contributed by atoms with E-state index in [0.29, 0.717) is 5.92 Å². The molecular formula is C17H24O. The van der Waals surface area contributed by atoms with Crippen LogP contribution in [-0.4, -0.2) is 10.7 Å². The minimum absolute atomic E-state index is 0.104. The predicted molar refractivity (Wildman–Crippen MR) is 77.2 cm³/mol. The van der Waals surface area contributed by atoms with Crippen LogP contribution in [0.5, 0.6) is 0 Å². The van der Waals surface area contributed by atoms with E-state index in [9.17, 15) is 5.11 Å². The molecule has 0 aliphatic heterocycles. The van der Waals surface area contributed by atoms with E-state index >= 15 is 0 Å². The van der Waals surface area contributed by atoms with Crippen molar-refractivity contribution >= 4 is 5.57 Å². The monoisotopic (exact) mass is 244 g/mol. The van der Waals surface area contributed by atoms with Gasteiger partial charge in [0.25, 0.3) is 0 Å². The van der Waals surface area contributed by atoms with Crippen LogP contribution in [-0.2, 0) is 0 Å². The van der Waals surface area contributed by atoms with Gasteiger partial charge in [0, 0.05) is 5.41 Å². The number of hydrogen-bond acceptors (Lipinski definition) is 1. The average molecular weight is 244 g/mol. The van der Waals surface area contributed by atoms with Crippen molar-refractivity contribution in [1.82, 2.24) is 0 Å². The molecule has 0 bridgehead atoms. The SMILES string of the molecule is CCC1=C(c2ccccc2)[C@@](C)(O)[C@]1(C)C(C)C. The van der Waals surface area contributed by atoms with E-state index in [2.05, 4.69) is 39.8 Å². The molecule has 0 unspecified atom stereocenters. The zero-order valence-corrected chi connectivity index (χ0v) is 12.1. The first-order chi connectivity index (χ1) is 8.37. The van der Waals surface area contributed by atoms with Crippen molar-refractivity contribution in [2.45, 2.75) is 46.6 Å². The molecule has 1 nitrogen and oxygen atoms in total. The molecule has 0 saturated heterocycles. The third-order valence-electron chi connectivity index (χ3n) is 5.00. The molecule has 2 rings (SSSR count). The predicted octanol–water partition coefficient (Wildman–Crippen LogP) is 4.28. The second-order valence-corrected chi connectivity index (χ2v) is 6.00. The fourth-order valence-corrected chi connectivity index (χ4v) is 3.56. The summed E-state index contributed by atoms with van der Waals surface area (Å²) in [6, 6.07) is 10.3. The second kappa shape index (κ2) is 4.24. The Labute approximate surface area is 111 Å². The maximum absolute atomic E-state index is 11.0. The molecule has 0 spiro atoms. The van der Waals surface area contributed by atoms with Crippen LogP contribution in [0.3, 0.4) is 0 Å². The third-order valence-corrected chi connectivity index (χ3v) is 5.00. The van der Waals surface area contributed by atoms with Gasteiger partial charge in [-0.15, -0.1) is 0 Å². The van der Waals surface area contributed by atoms with E-state index in [1.54, 1.807) is 0 Å². The Kier molecular flexibility index (Phi) is 3.14. The fourth-order valence-electron chi connectivity index (χ4n) is 3.56. The maximum atomic E-state index is 11.0. The van der Waals surface area contributed by atoms with Crippen molar-refractivity contribution in [2.24, 2.45) is 11.3 Å². The molecule has 1 aromatic carbocycles. The lowest BCUT2D eigenvalue weighted by Gasteiger charge is -2.58. The molecule has 0 fully saturated rings. The highest BCUT2D eigenvalue weighted by molar-refractivity contribution is 5.83. The summed E-state index contributed by atoms with van der Waals surface area (Å²) in [6.07, 6.45) is 1.01. The van der Waals surface area contributed by atoms with Crippen molar-refractivity contribution in [3.63, 3.8) is 0 Å². The van der Waals surface area contributed by atoms with Crippen LogP contribution in [0.1, 0.15) is 46.6 Å². The summed E-state index contributed by atoms with van der Waals surface area (Å²) in [6.45, 7) is 10.8. The summed E-state index contributed by atoms with van der Waals surface area (Å²) in [5.74, 6) is 0.440. The number of aliphatic hydroxyl groups is 1. The van der Waals surface area contributed by atoms with Crippen LogP contribution in [0, 0.1) is 11.3 Å². The summed E-state index contributed by atoms with van der Waals surface area (Å²) in [4.78, 5) is 0. The summed E-state index contributed by atoms with van der Waals surface area (Å²) >= 11 is 0. The number of hydrogen-bond donors (Lipinski definition) is 1. The normalized spacial score (nSPS) is 31.7. The van der Waals surface area contributed by atoms with Gasteiger partial charge in [-0.3, -0.25) is 0 Å². The van der Waals surface area contributed by atoms with Crippen molar-refractivity contribution in [3.8, 4) is 0 Å². The molecule has 0 aromatic heterocycles. The van der Waals surface area contributed by atoms with E-state index in [1.165, 1.54) is 5.57 Å². The number of benzene rings is 1. The van der Waals surface area contributed by atoms with Gasteiger partial charge < -0.3 is 5.11 Å². The first kappa shape index (κ1) is 13.4. The minimum atomic E-state index is -0.728. The van der Waals surface area contributed by atoms with Crippen LogP contribution >= 0.6 is 0 Å². The topological polar surface area (TPSA) is 20.2 Å². The van der Waals surface area contributed by atoms with Gasteiger partial charge in [-0.1, -0.05) is 63.6 Å². The molecule has 98 valence electrons. The molecule has 1 aliphatic rings. The fraction of sp³-hybridized carbons (Fsp3) is 0.529. The van der Waals surface area contributed by atoms with Crippen LogP contribution in [0.4, 0.5) is 0 Å². The highest BCUT2D eigenvalue weighted by Crippen LogP contribution is 2.62. The standard InChI is InChI=1S/C17H24O/c1-6-14-15(13-10-8-7-9-11-13)17(5,18)16(14,4)12(2)3/h7-12,18H,6H2,1-5H3/t16-,17-/m1/s1. The summed E-state index contributed by atoms with van der Waals surface area (Å²) in [5.41, 5.74) is 2.88. The van der Waals surface area contributed by atoms with Crippen molar-refractivity contribution in [3.05, 3.63) is 41.5 Å². The molecular weight excluding hydrogens is 220 g/mol. The first-order valence-electron chi connectivity index (χ1n) is 6.89. The largest absolute Gasteiger partial charge is 0.385 e. The highest BCUT2D eigenvalue weighted by atomic mass is 16.3. The Morgan fingerprint density at radius 1 is 1.11 bits per heavy atom. The lowest BCUT2D eigenvalue weighted by molar-refractivity contribution is -0.0423. The summed E-state index contributed by atoms with van der Waals surface area (Å²) in [5, 5.41) is 11.0. The third kappa shape index (κ3) is 1.50. The highest BCUT2D eigenvalue weighted by Gasteiger charge is 2.59. The molecule has 2 atom stereocenters. The molecule has 0 heterocycles. The molecule has 0 saturated carbocycles. The van der Waals surface area contributed by atoms with E-state index in [0.717, 1.165) is 17.6 Å². The lowest BCUT2D eigenvalue weighted by Crippen LogP contribution is -2.57. The zero-order valence-electron chi connectivity index (χ0n) is 12.1. The van der Waals surface area contributed by atoms with Crippen molar-refractivity contribution < 1.29 is 5.11 Å². The molecule has 0 amide bonds. The first-order valence-corrected chi connectivity index (χ1v) is 6.89. The molecule has 1 heteroatoms. The second-order valence-electron chi connectivity index (χ2n) is 6.00. The van der Waals surface area contributed by atoms with E-state index in [1.807, 2.05) is 25.1 Å². The van der Waals surface area contributed by atoms with Gasteiger partial charge in [0.15, 0.2) is 0 Å². The Balaban J connectivity index is 2.60. The smallest absolute Gasteiger partial charge is 0.0966 e. The van der Waals surface area contributed by atoms with Crippen molar-refractivity contribution in [2.75, 3.05) is 0 Å². The number of rotatable bonds is 3. The maximum Gasteiger partial charge on any atom is 0.0966 e. The van der Waals surface area contributed by atoms with E-state index < -0.39 is 5.60 Å². The lowest BCUT2D eigenvalue weighted by atomic mass is 9.48. The van der Waals surface area contributed by atoms with Gasteiger partial charge in [0.1, 0.15) is 0 Å². The summed E-state index contributed by atoms with van der Waals surface area (Å²) < 4.78 is 0. The average Bonchev–Trinajstić information content (AvgIpc) is 2.34. The van der Waals surface area contributed by atoms with Crippen LogP contribution < -0.4 is 0 Å². The Hall–Kier alpha value is -1.08. The van der Waals surface area contributed by atoms with Gasteiger partial charge in [-0.25, -0.2) is 0 Å². The van der Waals surface area contributed by atoms with Gasteiger partial charge in [-0.05, 0) is 30.4 Å².